The lowest BCUT2D eigenvalue weighted by Gasteiger charge is -2.19. The molecule has 8 heteroatoms. The molecule has 0 aliphatic carbocycles. The van der Waals surface area contributed by atoms with Gasteiger partial charge in [-0.1, -0.05) is 61.5 Å². The quantitative estimate of drug-likeness (QED) is 0.365. The molecule has 1 atom stereocenters. The first-order valence-corrected chi connectivity index (χ1v) is 11.6. The number of hydrogen-bond donors (Lipinski definition) is 1. The van der Waals surface area contributed by atoms with Crippen molar-refractivity contribution in [2.45, 2.75) is 32.9 Å². The van der Waals surface area contributed by atoms with Crippen molar-refractivity contribution in [3.63, 3.8) is 0 Å². The molecular formula is C28H27N3O5. The molecule has 1 amide bonds. The van der Waals surface area contributed by atoms with E-state index < -0.39 is 18.0 Å². The first-order chi connectivity index (χ1) is 17.4. The minimum atomic E-state index is -1.27. The van der Waals surface area contributed by atoms with Crippen LogP contribution in [0.15, 0.2) is 77.6 Å². The number of fused-ring (bicyclic) bond motifs is 1. The number of carbonyl (C=O) groups is 2. The van der Waals surface area contributed by atoms with E-state index in [0.29, 0.717) is 40.7 Å². The Bertz CT molecular complexity index is 1460. The largest absolute Gasteiger partial charge is 0.495 e. The molecule has 36 heavy (non-hydrogen) atoms. The second-order valence-electron chi connectivity index (χ2n) is 8.31. The summed E-state index contributed by atoms with van der Waals surface area (Å²) in [5, 5.41) is 7.84. The van der Waals surface area contributed by atoms with Crippen molar-refractivity contribution >= 4 is 28.3 Å². The summed E-state index contributed by atoms with van der Waals surface area (Å²) in [5.41, 5.74) is 1.56. The van der Waals surface area contributed by atoms with Crippen molar-refractivity contribution in [1.82, 2.24) is 9.78 Å². The van der Waals surface area contributed by atoms with Gasteiger partial charge in [0.15, 0.2) is 5.69 Å². The molecule has 4 aromatic rings. The lowest BCUT2D eigenvalue weighted by Crippen LogP contribution is -2.29. The van der Waals surface area contributed by atoms with Gasteiger partial charge in [0.1, 0.15) is 5.75 Å². The van der Waals surface area contributed by atoms with Crippen molar-refractivity contribution < 1.29 is 19.1 Å². The van der Waals surface area contributed by atoms with E-state index in [1.165, 1.54) is 11.8 Å². The Morgan fingerprint density at radius 1 is 1.00 bits per heavy atom. The smallest absolute Gasteiger partial charge is 0.360 e. The maximum Gasteiger partial charge on any atom is 0.360 e. The third-order valence-electron chi connectivity index (χ3n) is 5.67. The average Bonchev–Trinajstić information content (AvgIpc) is 2.89. The molecule has 3 aromatic carbocycles. The highest BCUT2D eigenvalue weighted by Crippen LogP contribution is 2.28. The van der Waals surface area contributed by atoms with E-state index in [-0.39, 0.29) is 11.3 Å². The average molecular weight is 486 g/mol. The van der Waals surface area contributed by atoms with E-state index >= 15 is 0 Å². The molecule has 1 N–H and O–H groups in total. The fourth-order valence-corrected chi connectivity index (χ4v) is 3.93. The first kappa shape index (κ1) is 24.7. The maximum atomic E-state index is 13.4. The minimum absolute atomic E-state index is 0.0273. The van der Waals surface area contributed by atoms with Crippen LogP contribution in [0.1, 0.15) is 41.1 Å². The molecule has 4 rings (SSSR count). The molecule has 1 aromatic heterocycles. The number of anilines is 1. The van der Waals surface area contributed by atoms with E-state index in [0.717, 1.165) is 5.56 Å². The monoisotopic (exact) mass is 485 g/mol. The van der Waals surface area contributed by atoms with Crippen LogP contribution in [0.4, 0.5) is 5.69 Å². The van der Waals surface area contributed by atoms with Gasteiger partial charge in [-0.2, -0.15) is 5.10 Å². The standard InChI is InChI=1S/C28H27N3O5/c1-4-16-31-27(33)21-13-9-8-12-20(21)24(30-31)28(34)36-25(19-10-6-5-7-11-19)26(32)29-22-17-18(2)14-15-23(22)35-3/h5-15,17,25H,4,16H2,1-3H3,(H,29,32). The van der Waals surface area contributed by atoms with Gasteiger partial charge in [0.25, 0.3) is 11.5 Å². The van der Waals surface area contributed by atoms with Crippen LogP contribution in [0.2, 0.25) is 0 Å². The summed E-state index contributed by atoms with van der Waals surface area (Å²) in [6.07, 6.45) is -0.608. The Labute approximate surface area is 208 Å². The highest BCUT2D eigenvalue weighted by Gasteiger charge is 2.28. The van der Waals surface area contributed by atoms with Crippen molar-refractivity contribution in [1.29, 1.82) is 0 Å². The Morgan fingerprint density at radius 3 is 2.39 bits per heavy atom. The molecule has 0 aliphatic heterocycles. The van der Waals surface area contributed by atoms with Gasteiger partial charge in [0.2, 0.25) is 6.10 Å². The SMILES string of the molecule is CCCn1nc(C(=O)OC(C(=O)Nc2cc(C)ccc2OC)c2ccccc2)c2ccccc2c1=O. The van der Waals surface area contributed by atoms with Crippen LogP contribution >= 0.6 is 0 Å². The number of hydrogen-bond acceptors (Lipinski definition) is 6. The maximum absolute atomic E-state index is 13.4. The Kier molecular flexibility index (Phi) is 7.44. The molecule has 1 unspecified atom stereocenters. The number of methoxy groups -OCH3 is 1. The molecule has 0 aliphatic rings. The second-order valence-corrected chi connectivity index (χ2v) is 8.31. The number of nitrogens with zero attached hydrogens (tertiary/aromatic N) is 2. The topological polar surface area (TPSA) is 99.5 Å². The molecule has 0 spiro atoms. The number of aryl methyl sites for hydroxylation is 2. The predicted octanol–water partition coefficient (Wildman–Crippen LogP) is 4.66. The third-order valence-corrected chi connectivity index (χ3v) is 5.67. The van der Waals surface area contributed by atoms with Crippen LogP contribution < -0.4 is 15.6 Å². The minimum Gasteiger partial charge on any atom is -0.495 e. The van der Waals surface area contributed by atoms with Gasteiger partial charge in [-0.3, -0.25) is 9.59 Å². The van der Waals surface area contributed by atoms with Gasteiger partial charge in [-0.15, -0.1) is 0 Å². The zero-order valence-corrected chi connectivity index (χ0v) is 20.4. The highest BCUT2D eigenvalue weighted by molar-refractivity contribution is 6.04. The van der Waals surface area contributed by atoms with Crippen LogP contribution in [0.25, 0.3) is 10.8 Å². The number of benzene rings is 3. The lowest BCUT2D eigenvalue weighted by molar-refractivity contribution is -0.125. The Hall–Kier alpha value is -4.46. The summed E-state index contributed by atoms with van der Waals surface area (Å²) in [7, 11) is 1.51. The van der Waals surface area contributed by atoms with Crippen molar-refractivity contribution in [2.24, 2.45) is 0 Å². The van der Waals surface area contributed by atoms with Crippen molar-refractivity contribution in [3.05, 3.63) is 100.0 Å². The van der Waals surface area contributed by atoms with Crippen molar-refractivity contribution in [2.75, 3.05) is 12.4 Å². The second kappa shape index (κ2) is 10.9. The fraction of sp³-hybridized carbons (Fsp3) is 0.214. The van der Waals surface area contributed by atoms with Gasteiger partial charge in [0, 0.05) is 17.5 Å². The van der Waals surface area contributed by atoms with Crippen LogP contribution in [0, 0.1) is 6.92 Å². The highest BCUT2D eigenvalue weighted by atomic mass is 16.5. The van der Waals surface area contributed by atoms with E-state index in [9.17, 15) is 14.4 Å². The molecule has 8 nitrogen and oxygen atoms in total. The number of esters is 1. The number of nitrogens with one attached hydrogen (secondary N) is 1. The van der Waals surface area contributed by atoms with Crippen molar-refractivity contribution in [3.8, 4) is 5.75 Å². The van der Waals surface area contributed by atoms with E-state index in [1.54, 1.807) is 66.7 Å². The summed E-state index contributed by atoms with van der Waals surface area (Å²) in [6, 6.07) is 20.9. The van der Waals surface area contributed by atoms with Gasteiger partial charge in [-0.25, -0.2) is 9.48 Å². The summed E-state index contributed by atoms with van der Waals surface area (Å²) >= 11 is 0. The molecular weight excluding hydrogens is 458 g/mol. The fourth-order valence-electron chi connectivity index (χ4n) is 3.93. The van der Waals surface area contributed by atoms with E-state index in [4.69, 9.17) is 9.47 Å². The molecule has 0 radical (unpaired) electrons. The number of amides is 1. The molecule has 0 saturated heterocycles. The number of carbonyl (C=O) groups excluding carboxylic acids is 2. The molecule has 0 bridgehead atoms. The van der Waals surface area contributed by atoms with Gasteiger partial charge in [0.05, 0.1) is 18.2 Å². The number of aromatic nitrogens is 2. The third kappa shape index (κ3) is 5.12. The number of rotatable bonds is 8. The van der Waals surface area contributed by atoms with Crippen LogP contribution in [-0.4, -0.2) is 28.8 Å². The summed E-state index contributed by atoms with van der Waals surface area (Å²) in [6.45, 7) is 4.15. The Balaban J connectivity index is 1.73. The lowest BCUT2D eigenvalue weighted by atomic mass is 10.1. The van der Waals surface area contributed by atoms with Crippen LogP contribution in [0.3, 0.4) is 0 Å². The van der Waals surface area contributed by atoms with Crippen LogP contribution in [0.5, 0.6) is 5.75 Å². The predicted molar refractivity (Wildman–Crippen MR) is 137 cm³/mol. The summed E-state index contributed by atoms with van der Waals surface area (Å²) in [4.78, 5) is 39.7. The zero-order valence-electron chi connectivity index (χ0n) is 20.4. The zero-order chi connectivity index (χ0) is 25.7. The molecule has 1 heterocycles. The first-order valence-electron chi connectivity index (χ1n) is 11.6. The van der Waals surface area contributed by atoms with Gasteiger partial charge in [-0.05, 0) is 37.1 Å². The summed E-state index contributed by atoms with van der Waals surface area (Å²) in [5.74, 6) is -0.882. The molecule has 0 fully saturated rings. The van der Waals surface area contributed by atoms with E-state index in [1.807, 2.05) is 19.9 Å². The summed E-state index contributed by atoms with van der Waals surface area (Å²) < 4.78 is 12.4. The van der Waals surface area contributed by atoms with E-state index in [2.05, 4.69) is 10.4 Å². The molecule has 0 saturated carbocycles. The van der Waals surface area contributed by atoms with Crippen LogP contribution in [-0.2, 0) is 16.1 Å². The van der Waals surface area contributed by atoms with Gasteiger partial charge < -0.3 is 14.8 Å². The van der Waals surface area contributed by atoms with Gasteiger partial charge >= 0.3 is 5.97 Å². The normalized spacial score (nSPS) is 11.6. The Morgan fingerprint density at radius 2 is 1.69 bits per heavy atom. The molecule has 184 valence electrons. The number of ether oxygens (including phenoxy) is 2.